The molecule has 1 rings (SSSR count). The van der Waals surface area contributed by atoms with Gasteiger partial charge in [0.05, 0.1) is 0 Å². The van der Waals surface area contributed by atoms with E-state index in [4.69, 9.17) is 4.74 Å². The molecule has 0 saturated carbocycles. The molecule has 1 fully saturated rings. The predicted molar refractivity (Wildman–Crippen MR) is 71.8 cm³/mol. The highest BCUT2D eigenvalue weighted by molar-refractivity contribution is 6.35. The second kappa shape index (κ2) is 9.71. The van der Waals surface area contributed by atoms with E-state index in [1.165, 1.54) is 0 Å². The van der Waals surface area contributed by atoms with Crippen LogP contribution in [0.15, 0.2) is 0 Å². The van der Waals surface area contributed by atoms with Gasteiger partial charge in [0.25, 0.3) is 0 Å². The van der Waals surface area contributed by atoms with E-state index < -0.39 is 11.8 Å². The highest BCUT2D eigenvalue weighted by atomic mass is 16.5. The third-order valence-electron chi connectivity index (χ3n) is 2.94. The molecule has 2 amide bonds. The number of ether oxygens (including phenoxy) is 1. The Morgan fingerprint density at radius 3 is 2.42 bits per heavy atom. The second-order valence-corrected chi connectivity index (χ2v) is 4.45. The van der Waals surface area contributed by atoms with E-state index in [9.17, 15) is 9.59 Å². The molecule has 0 spiro atoms. The molecule has 0 aromatic heterocycles. The number of nitrogens with one attached hydrogen (secondary N) is 3. The maximum absolute atomic E-state index is 11.5. The van der Waals surface area contributed by atoms with Crippen LogP contribution in [0.4, 0.5) is 0 Å². The van der Waals surface area contributed by atoms with Crippen LogP contribution in [0.5, 0.6) is 0 Å². The van der Waals surface area contributed by atoms with Crippen molar-refractivity contribution in [3.63, 3.8) is 0 Å². The number of piperazine rings is 1. The van der Waals surface area contributed by atoms with Gasteiger partial charge in [-0.1, -0.05) is 0 Å². The Hall–Kier alpha value is -1.18. The Labute approximate surface area is 114 Å². The third-order valence-corrected chi connectivity index (χ3v) is 2.94. The molecule has 0 aromatic rings. The van der Waals surface area contributed by atoms with Gasteiger partial charge in [-0.3, -0.25) is 14.5 Å². The van der Waals surface area contributed by atoms with Gasteiger partial charge in [-0.25, -0.2) is 0 Å². The van der Waals surface area contributed by atoms with Crippen LogP contribution in [-0.4, -0.2) is 76.2 Å². The molecular formula is C12H24N4O3. The Morgan fingerprint density at radius 1 is 1.16 bits per heavy atom. The molecule has 19 heavy (non-hydrogen) atoms. The molecule has 7 nitrogen and oxygen atoms in total. The van der Waals surface area contributed by atoms with Crippen molar-refractivity contribution in [2.24, 2.45) is 0 Å². The quantitative estimate of drug-likeness (QED) is 0.375. The minimum atomic E-state index is -0.573. The summed E-state index contributed by atoms with van der Waals surface area (Å²) in [5.74, 6) is -1.14. The van der Waals surface area contributed by atoms with Crippen molar-refractivity contribution < 1.29 is 14.3 Å². The van der Waals surface area contributed by atoms with Crippen molar-refractivity contribution in [2.75, 3.05) is 59.5 Å². The van der Waals surface area contributed by atoms with Gasteiger partial charge in [0.2, 0.25) is 0 Å². The third kappa shape index (κ3) is 7.09. The molecule has 0 bridgehead atoms. The lowest BCUT2D eigenvalue weighted by atomic mass is 10.3. The van der Waals surface area contributed by atoms with E-state index in [0.29, 0.717) is 26.1 Å². The Kier molecular flexibility index (Phi) is 8.11. The molecule has 1 aliphatic heterocycles. The fourth-order valence-corrected chi connectivity index (χ4v) is 1.84. The lowest BCUT2D eigenvalue weighted by Gasteiger charge is -2.26. The molecule has 1 heterocycles. The zero-order valence-electron chi connectivity index (χ0n) is 11.5. The monoisotopic (exact) mass is 272 g/mol. The summed E-state index contributed by atoms with van der Waals surface area (Å²) in [6.07, 6.45) is 0.705. The first kappa shape index (κ1) is 15.9. The van der Waals surface area contributed by atoms with Crippen LogP contribution in [-0.2, 0) is 14.3 Å². The Bertz CT molecular complexity index is 280. The summed E-state index contributed by atoms with van der Waals surface area (Å²) in [4.78, 5) is 25.1. The maximum atomic E-state index is 11.5. The zero-order chi connectivity index (χ0) is 13.9. The Morgan fingerprint density at radius 2 is 1.79 bits per heavy atom. The number of methoxy groups -OCH3 is 1. The van der Waals surface area contributed by atoms with E-state index in [2.05, 4.69) is 20.9 Å². The predicted octanol–water partition coefficient (Wildman–Crippen LogP) is -1.84. The van der Waals surface area contributed by atoms with Crippen molar-refractivity contribution in [1.82, 2.24) is 20.9 Å². The Balaban J connectivity index is 2.04. The van der Waals surface area contributed by atoms with Crippen molar-refractivity contribution in [3.05, 3.63) is 0 Å². The van der Waals surface area contributed by atoms with E-state index >= 15 is 0 Å². The van der Waals surface area contributed by atoms with Gasteiger partial charge >= 0.3 is 11.8 Å². The molecule has 0 atom stereocenters. The fourth-order valence-electron chi connectivity index (χ4n) is 1.84. The summed E-state index contributed by atoms with van der Waals surface area (Å²) < 4.78 is 4.85. The van der Waals surface area contributed by atoms with Crippen LogP contribution in [0.1, 0.15) is 6.42 Å². The molecule has 0 aromatic carbocycles. The summed E-state index contributed by atoms with van der Waals surface area (Å²) in [6.45, 7) is 6.25. The average molecular weight is 272 g/mol. The summed E-state index contributed by atoms with van der Waals surface area (Å²) >= 11 is 0. The number of amides is 2. The zero-order valence-corrected chi connectivity index (χ0v) is 11.5. The number of rotatable bonds is 7. The van der Waals surface area contributed by atoms with Crippen LogP contribution < -0.4 is 16.0 Å². The van der Waals surface area contributed by atoms with Crippen molar-refractivity contribution in [1.29, 1.82) is 0 Å². The summed E-state index contributed by atoms with van der Waals surface area (Å²) in [5.41, 5.74) is 0. The van der Waals surface area contributed by atoms with Crippen LogP contribution in [0.3, 0.4) is 0 Å². The van der Waals surface area contributed by atoms with E-state index in [1.54, 1.807) is 7.11 Å². The number of nitrogens with zero attached hydrogens (tertiary/aromatic N) is 1. The van der Waals surface area contributed by atoms with Crippen LogP contribution >= 0.6 is 0 Å². The fraction of sp³-hybridized carbons (Fsp3) is 0.833. The lowest BCUT2D eigenvalue weighted by molar-refractivity contribution is -0.139. The van der Waals surface area contributed by atoms with Crippen molar-refractivity contribution in [2.45, 2.75) is 6.42 Å². The van der Waals surface area contributed by atoms with Gasteiger partial charge in [0, 0.05) is 59.5 Å². The molecule has 7 heteroatoms. The first-order valence-corrected chi connectivity index (χ1v) is 6.72. The molecule has 0 radical (unpaired) electrons. The molecule has 0 unspecified atom stereocenters. The largest absolute Gasteiger partial charge is 0.385 e. The molecule has 1 saturated heterocycles. The number of carbonyl (C=O) groups excluding carboxylic acids is 2. The molecular weight excluding hydrogens is 248 g/mol. The standard InChI is InChI=1S/C12H24N4O3/c1-19-10-2-3-14-11(17)12(18)15-6-9-16-7-4-13-5-8-16/h13H,2-10H2,1H3,(H,14,17)(H,15,18). The van der Waals surface area contributed by atoms with Crippen LogP contribution in [0, 0.1) is 0 Å². The summed E-state index contributed by atoms with van der Waals surface area (Å²) in [7, 11) is 1.60. The molecule has 110 valence electrons. The van der Waals surface area contributed by atoms with E-state index in [1.807, 2.05) is 0 Å². The highest BCUT2D eigenvalue weighted by Crippen LogP contribution is 1.89. The van der Waals surface area contributed by atoms with Crippen molar-refractivity contribution in [3.8, 4) is 0 Å². The first-order chi connectivity index (χ1) is 9.24. The van der Waals surface area contributed by atoms with Crippen LogP contribution in [0.2, 0.25) is 0 Å². The van der Waals surface area contributed by atoms with Gasteiger partial charge < -0.3 is 20.7 Å². The van der Waals surface area contributed by atoms with Gasteiger partial charge in [-0.05, 0) is 6.42 Å². The normalized spacial score (nSPS) is 16.1. The maximum Gasteiger partial charge on any atom is 0.309 e. The van der Waals surface area contributed by atoms with Gasteiger partial charge in [-0.2, -0.15) is 0 Å². The summed E-state index contributed by atoms with van der Waals surface area (Å²) in [6, 6.07) is 0. The van der Waals surface area contributed by atoms with E-state index in [0.717, 1.165) is 32.7 Å². The van der Waals surface area contributed by atoms with Gasteiger partial charge in [-0.15, -0.1) is 0 Å². The van der Waals surface area contributed by atoms with Gasteiger partial charge in [0.1, 0.15) is 0 Å². The number of hydrogen-bond donors (Lipinski definition) is 3. The lowest BCUT2D eigenvalue weighted by Crippen LogP contribution is -2.47. The van der Waals surface area contributed by atoms with E-state index in [-0.39, 0.29) is 0 Å². The van der Waals surface area contributed by atoms with Crippen molar-refractivity contribution >= 4 is 11.8 Å². The topological polar surface area (TPSA) is 82.7 Å². The SMILES string of the molecule is COCCCNC(=O)C(=O)NCCN1CCNCC1. The average Bonchev–Trinajstić information content (AvgIpc) is 2.44. The second-order valence-electron chi connectivity index (χ2n) is 4.45. The molecule has 1 aliphatic rings. The molecule has 3 N–H and O–H groups in total. The first-order valence-electron chi connectivity index (χ1n) is 6.72. The highest BCUT2D eigenvalue weighted by Gasteiger charge is 2.13. The summed E-state index contributed by atoms with van der Waals surface area (Å²) in [5, 5.41) is 8.44. The minimum Gasteiger partial charge on any atom is -0.385 e. The number of carbonyl (C=O) groups is 2. The smallest absolute Gasteiger partial charge is 0.309 e. The minimum absolute atomic E-state index is 0.456. The molecule has 0 aliphatic carbocycles. The number of hydrogen-bond acceptors (Lipinski definition) is 5. The van der Waals surface area contributed by atoms with Gasteiger partial charge in [0.15, 0.2) is 0 Å². The van der Waals surface area contributed by atoms with Crippen LogP contribution in [0.25, 0.3) is 0 Å².